The largest absolute Gasteiger partial charge is 0.382 e. The molecule has 1 radical (unpaired) electrons. The van der Waals surface area contributed by atoms with Crippen LogP contribution < -0.4 is 0 Å². The van der Waals surface area contributed by atoms with E-state index in [9.17, 15) is 4.79 Å². The number of rotatable bonds is 5. The molecule has 59 valence electrons. The van der Waals surface area contributed by atoms with E-state index in [1.54, 1.807) is 27.2 Å². The van der Waals surface area contributed by atoms with Gasteiger partial charge in [-0.2, -0.15) is 0 Å². The number of methoxy groups -OCH3 is 1. The highest BCUT2D eigenvalue weighted by atomic mass is 16.5. The maximum Gasteiger partial charge on any atom is 0.232 e. The second-order valence-electron chi connectivity index (χ2n) is 2.45. The van der Waals surface area contributed by atoms with E-state index in [0.29, 0.717) is 13.2 Å². The van der Waals surface area contributed by atoms with E-state index in [4.69, 9.17) is 9.47 Å². The quantitative estimate of drug-likeness (QED) is 0.529. The summed E-state index contributed by atoms with van der Waals surface area (Å²) < 4.78 is 9.80. The molecule has 10 heavy (non-hydrogen) atoms. The van der Waals surface area contributed by atoms with Gasteiger partial charge in [0.05, 0.1) is 13.2 Å². The van der Waals surface area contributed by atoms with Crippen LogP contribution in [0, 0.1) is 0 Å². The molecule has 0 aliphatic heterocycles. The average molecular weight is 145 g/mol. The topological polar surface area (TPSA) is 35.5 Å². The van der Waals surface area contributed by atoms with Crippen molar-refractivity contribution in [2.45, 2.75) is 19.4 Å². The third-order valence-electron chi connectivity index (χ3n) is 0.996. The zero-order chi connectivity index (χ0) is 8.04. The summed E-state index contributed by atoms with van der Waals surface area (Å²) in [5.74, 6) is 0. The van der Waals surface area contributed by atoms with Gasteiger partial charge >= 0.3 is 0 Å². The third kappa shape index (κ3) is 4.47. The fourth-order valence-electron chi connectivity index (χ4n) is 0.410. The highest BCUT2D eigenvalue weighted by molar-refractivity contribution is 5.61. The first kappa shape index (κ1) is 9.59. The minimum atomic E-state index is -0.793. The predicted molar refractivity (Wildman–Crippen MR) is 37.6 cm³/mol. The Labute approximate surface area is 61.3 Å². The molecule has 0 saturated heterocycles. The van der Waals surface area contributed by atoms with Crippen molar-refractivity contribution in [3.05, 3.63) is 0 Å². The van der Waals surface area contributed by atoms with E-state index in [-0.39, 0.29) is 0 Å². The first-order valence-corrected chi connectivity index (χ1v) is 3.14. The molecule has 0 unspecified atom stereocenters. The summed E-state index contributed by atoms with van der Waals surface area (Å²) in [6.07, 6.45) is 1.77. The molecule has 0 aliphatic carbocycles. The van der Waals surface area contributed by atoms with Crippen LogP contribution in [0.15, 0.2) is 0 Å². The molecule has 0 N–H and O–H groups in total. The lowest BCUT2D eigenvalue weighted by Crippen LogP contribution is -2.27. The van der Waals surface area contributed by atoms with Crippen LogP contribution in [0.5, 0.6) is 0 Å². The molecule has 0 aromatic heterocycles. The minimum Gasteiger partial charge on any atom is -0.382 e. The van der Waals surface area contributed by atoms with Gasteiger partial charge in [-0.3, -0.25) is 4.79 Å². The van der Waals surface area contributed by atoms with Crippen molar-refractivity contribution in [2.75, 3.05) is 20.3 Å². The number of ether oxygens (including phenoxy) is 2. The van der Waals surface area contributed by atoms with Crippen LogP contribution >= 0.6 is 0 Å². The summed E-state index contributed by atoms with van der Waals surface area (Å²) in [6.45, 7) is 4.26. The van der Waals surface area contributed by atoms with Gasteiger partial charge in [0.1, 0.15) is 5.60 Å². The van der Waals surface area contributed by atoms with Gasteiger partial charge in [0.25, 0.3) is 0 Å². The zero-order valence-electron chi connectivity index (χ0n) is 6.64. The van der Waals surface area contributed by atoms with Crippen molar-refractivity contribution in [3.63, 3.8) is 0 Å². The van der Waals surface area contributed by atoms with Gasteiger partial charge in [-0.25, -0.2) is 0 Å². The van der Waals surface area contributed by atoms with E-state index in [0.717, 1.165) is 0 Å². The number of carbonyl (C=O) groups excluding carboxylic acids is 1. The molecule has 0 saturated carbocycles. The molecular weight excluding hydrogens is 132 g/mol. The standard InChI is InChI=1S/C7H13O3/c1-7(2,6-8)10-5-4-9-3/h4-5H2,1-3H3. The van der Waals surface area contributed by atoms with Gasteiger partial charge in [-0.1, -0.05) is 0 Å². The van der Waals surface area contributed by atoms with Crippen LogP contribution in [0.1, 0.15) is 13.8 Å². The highest BCUT2D eigenvalue weighted by Crippen LogP contribution is 2.03. The molecule has 0 bridgehead atoms. The third-order valence-corrected chi connectivity index (χ3v) is 0.996. The van der Waals surface area contributed by atoms with E-state index in [2.05, 4.69) is 0 Å². The van der Waals surface area contributed by atoms with Crippen LogP contribution in [0.4, 0.5) is 0 Å². The summed E-state index contributed by atoms with van der Waals surface area (Å²) >= 11 is 0. The van der Waals surface area contributed by atoms with Gasteiger partial charge in [0, 0.05) is 7.11 Å². The lowest BCUT2D eigenvalue weighted by molar-refractivity contribution is 0.00157. The molecule has 3 heteroatoms. The number of hydrogen-bond acceptors (Lipinski definition) is 3. The molecule has 0 atom stereocenters. The molecule has 0 fully saturated rings. The van der Waals surface area contributed by atoms with Crippen molar-refractivity contribution < 1.29 is 14.3 Å². The molecule has 0 amide bonds. The zero-order valence-corrected chi connectivity index (χ0v) is 6.64. The van der Waals surface area contributed by atoms with Crippen LogP contribution in [-0.4, -0.2) is 32.2 Å². The minimum absolute atomic E-state index is 0.429. The summed E-state index contributed by atoms with van der Waals surface area (Å²) in [5, 5.41) is 0. The van der Waals surface area contributed by atoms with Gasteiger partial charge < -0.3 is 9.47 Å². The molecule has 0 rings (SSSR count). The first-order valence-electron chi connectivity index (χ1n) is 3.14. The number of hydrogen-bond donors (Lipinski definition) is 0. The van der Waals surface area contributed by atoms with E-state index >= 15 is 0 Å². The van der Waals surface area contributed by atoms with Crippen molar-refractivity contribution in [3.8, 4) is 0 Å². The van der Waals surface area contributed by atoms with Gasteiger partial charge in [-0.15, -0.1) is 0 Å². The molecule has 3 nitrogen and oxygen atoms in total. The van der Waals surface area contributed by atoms with E-state index in [1.807, 2.05) is 0 Å². The Morgan fingerprint density at radius 1 is 1.40 bits per heavy atom. The Bertz CT molecular complexity index is 99.0. The maximum atomic E-state index is 10.1. The summed E-state index contributed by atoms with van der Waals surface area (Å²) in [5.41, 5.74) is -0.793. The smallest absolute Gasteiger partial charge is 0.232 e. The molecular formula is C7H13O3. The fourth-order valence-corrected chi connectivity index (χ4v) is 0.410. The predicted octanol–water partition coefficient (Wildman–Crippen LogP) is 0.538. The average Bonchev–Trinajstić information content (AvgIpc) is 1.89. The fraction of sp³-hybridized carbons (Fsp3) is 0.857. The second-order valence-corrected chi connectivity index (χ2v) is 2.45. The van der Waals surface area contributed by atoms with Crippen LogP contribution in [0.3, 0.4) is 0 Å². The van der Waals surface area contributed by atoms with Crippen LogP contribution in [0.25, 0.3) is 0 Å². The Balaban J connectivity index is 3.37. The second kappa shape index (κ2) is 4.41. The molecule has 0 spiro atoms. The molecule has 0 aromatic carbocycles. The Morgan fingerprint density at radius 3 is 2.40 bits per heavy atom. The van der Waals surface area contributed by atoms with Crippen molar-refractivity contribution in [1.82, 2.24) is 0 Å². The van der Waals surface area contributed by atoms with Gasteiger partial charge in [0.2, 0.25) is 6.29 Å². The summed E-state index contributed by atoms with van der Waals surface area (Å²) in [6, 6.07) is 0. The maximum absolute atomic E-state index is 10.1. The molecule has 0 heterocycles. The van der Waals surface area contributed by atoms with Crippen LogP contribution in [0.2, 0.25) is 0 Å². The van der Waals surface area contributed by atoms with Crippen molar-refractivity contribution >= 4 is 6.29 Å². The SMILES string of the molecule is COCCOC(C)(C)[C]=O. The Hall–Kier alpha value is -0.410. The van der Waals surface area contributed by atoms with Gasteiger partial charge in [-0.05, 0) is 13.8 Å². The van der Waals surface area contributed by atoms with E-state index in [1.165, 1.54) is 0 Å². The normalized spacial score (nSPS) is 11.5. The molecule has 0 aromatic rings. The first-order chi connectivity index (χ1) is 4.62. The van der Waals surface area contributed by atoms with Crippen LogP contribution in [-0.2, 0) is 14.3 Å². The Kier molecular flexibility index (Phi) is 4.23. The van der Waals surface area contributed by atoms with Gasteiger partial charge in [0.15, 0.2) is 0 Å². The lowest BCUT2D eigenvalue weighted by atomic mass is 10.2. The highest BCUT2D eigenvalue weighted by Gasteiger charge is 2.17. The van der Waals surface area contributed by atoms with E-state index < -0.39 is 5.60 Å². The van der Waals surface area contributed by atoms with Crippen molar-refractivity contribution in [2.24, 2.45) is 0 Å². The summed E-state index contributed by atoms with van der Waals surface area (Å²) in [4.78, 5) is 10.1. The Morgan fingerprint density at radius 2 is 2.00 bits per heavy atom. The summed E-state index contributed by atoms with van der Waals surface area (Å²) in [7, 11) is 1.58. The lowest BCUT2D eigenvalue weighted by Gasteiger charge is -2.16. The molecule has 0 aliphatic rings. The monoisotopic (exact) mass is 145 g/mol. The van der Waals surface area contributed by atoms with Crippen molar-refractivity contribution in [1.29, 1.82) is 0 Å².